The molecule has 0 aromatic heterocycles. The van der Waals surface area contributed by atoms with Gasteiger partial charge in [-0.05, 0) is 18.1 Å². The van der Waals surface area contributed by atoms with Crippen molar-refractivity contribution in [2.75, 3.05) is 0 Å². The van der Waals surface area contributed by atoms with Gasteiger partial charge in [0.25, 0.3) is 0 Å². The Labute approximate surface area is 69.2 Å². The van der Waals surface area contributed by atoms with Crippen LogP contribution in [0, 0.1) is 5.41 Å². The van der Waals surface area contributed by atoms with Crippen LogP contribution >= 0.6 is 0 Å². The van der Waals surface area contributed by atoms with E-state index in [-0.39, 0.29) is 5.41 Å². The Hall–Kier alpha value is 0.202. The molecule has 0 unspecified atom stereocenters. The quantitative estimate of drug-likeness (QED) is 0.408. The lowest BCUT2D eigenvalue weighted by Crippen LogP contribution is -2.19. The largest absolute Gasteiger partial charge is 0.429 e. The molecule has 0 saturated carbocycles. The molecule has 0 aliphatic heterocycles. The third-order valence-corrected chi connectivity index (χ3v) is 2.44. The van der Waals surface area contributed by atoms with Gasteiger partial charge in [0.2, 0.25) is 0 Å². The van der Waals surface area contributed by atoms with Gasteiger partial charge in [-0.2, -0.15) is 0 Å². The molecule has 0 atom stereocenters. The number of nitrogens with zero attached hydrogens (tertiary/aromatic N) is 1. The van der Waals surface area contributed by atoms with Crippen LogP contribution in [0.3, 0.4) is 0 Å². The van der Waals surface area contributed by atoms with Crippen LogP contribution in [-0.4, -0.2) is 20.1 Å². The molecule has 0 fully saturated rings. The molecule has 0 aliphatic carbocycles. The summed E-state index contributed by atoms with van der Waals surface area (Å²) in [4.78, 5) is 0. The van der Waals surface area contributed by atoms with E-state index < -0.39 is 14.4 Å². The molecular formula is C8H18AlN. The standard InChI is InChI=1S/C6H12N.2CH3.Al/c1-5(7)6(2,3)4;;;/h1-4H3;2*1H3;/q-1;;;+1. The van der Waals surface area contributed by atoms with Crippen molar-refractivity contribution >= 4 is 20.1 Å². The molecule has 0 aliphatic rings. The molecule has 0 amide bonds. The Kier molecular flexibility index (Phi) is 3.62. The van der Waals surface area contributed by atoms with Gasteiger partial charge in [0.15, 0.2) is 0 Å². The average molecular weight is 155 g/mol. The van der Waals surface area contributed by atoms with E-state index in [1.54, 1.807) is 0 Å². The first-order valence-corrected chi connectivity index (χ1v) is 6.71. The maximum atomic E-state index is 4.60. The molecule has 58 valence electrons. The third-order valence-electron chi connectivity index (χ3n) is 1.54. The molecule has 2 heteroatoms. The zero-order valence-electron chi connectivity index (χ0n) is 8.02. The molecule has 0 heterocycles. The van der Waals surface area contributed by atoms with Gasteiger partial charge in [-0.15, -0.1) is 0 Å². The predicted molar refractivity (Wildman–Crippen MR) is 50.0 cm³/mol. The lowest BCUT2D eigenvalue weighted by atomic mass is 9.91. The Morgan fingerprint density at radius 3 is 1.70 bits per heavy atom. The van der Waals surface area contributed by atoms with Crippen molar-refractivity contribution in [3.8, 4) is 0 Å². The fraction of sp³-hybridized carbons (Fsp3) is 0.875. The second-order valence-corrected chi connectivity index (χ2v) is 6.50. The van der Waals surface area contributed by atoms with Crippen LogP contribution in [0.15, 0.2) is 3.98 Å². The normalized spacial score (nSPS) is 13.6. The first-order chi connectivity index (χ1) is 4.34. The fourth-order valence-electron chi connectivity index (χ4n) is 0.581. The summed E-state index contributed by atoms with van der Waals surface area (Å²) in [5, 5.41) is 0. The van der Waals surface area contributed by atoms with Crippen LogP contribution in [0.5, 0.6) is 0 Å². The highest BCUT2D eigenvalue weighted by atomic mass is 27.2. The maximum absolute atomic E-state index is 4.60. The molecule has 0 bridgehead atoms. The lowest BCUT2D eigenvalue weighted by molar-refractivity contribution is 0.589. The topological polar surface area (TPSA) is 12.4 Å². The summed E-state index contributed by atoms with van der Waals surface area (Å²) in [6.45, 7) is 8.76. The molecule has 0 rings (SSSR count). The van der Waals surface area contributed by atoms with Crippen molar-refractivity contribution in [2.24, 2.45) is 9.39 Å². The van der Waals surface area contributed by atoms with E-state index in [0.717, 1.165) is 0 Å². The second kappa shape index (κ2) is 3.55. The van der Waals surface area contributed by atoms with E-state index in [9.17, 15) is 0 Å². The highest BCUT2D eigenvalue weighted by molar-refractivity contribution is 6.55. The van der Waals surface area contributed by atoms with Gasteiger partial charge in [-0.25, -0.2) is 0 Å². The van der Waals surface area contributed by atoms with E-state index >= 15 is 0 Å². The van der Waals surface area contributed by atoms with E-state index in [0.29, 0.717) is 0 Å². The molecule has 0 radical (unpaired) electrons. The van der Waals surface area contributed by atoms with Crippen molar-refractivity contribution in [3.63, 3.8) is 0 Å². The highest BCUT2D eigenvalue weighted by Crippen LogP contribution is 2.15. The summed E-state index contributed by atoms with van der Waals surface area (Å²) in [6.07, 6.45) is 0. The van der Waals surface area contributed by atoms with Crippen molar-refractivity contribution in [1.29, 1.82) is 0 Å². The third kappa shape index (κ3) is 4.09. The van der Waals surface area contributed by atoms with Gasteiger partial charge < -0.3 is 3.98 Å². The van der Waals surface area contributed by atoms with Gasteiger partial charge >= 0.3 is 14.4 Å². The van der Waals surface area contributed by atoms with Gasteiger partial charge in [-0.3, -0.25) is 0 Å². The summed E-state index contributed by atoms with van der Waals surface area (Å²) < 4.78 is 4.60. The Bertz CT molecular complexity index is 131. The molecule has 1 nitrogen and oxygen atoms in total. The van der Waals surface area contributed by atoms with Crippen LogP contribution in [0.25, 0.3) is 0 Å². The SMILES string of the molecule is C/C(=[N]\[Al]([CH3])[CH3])C(C)(C)C. The minimum atomic E-state index is -0.740. The summed E-state index contributed by atoms with van der Waals surface area (Å²) in [7, 11) is 0. The summed E-state index contributed by atoms with van der Waals surface area (Å²) in [5.74, 6) is 4.49. The highest BCUT2D eigenvalue weighted by Gasteiger charge is 2.14. The van der Waals surface area contributed by atoms with E-state index in [1.807, 2.05) is 0 Å². The molecule has 0 saturated heterocycles. The summed E-state index contributed by atoms with van der Waals surface area (Å²) in [5.41, 5.74) is 1.58. The minimum Gasteiger partial charge on any atom is -0.406 e. The molecular weight excluding hydrogens is 137 g/mol. The van der Waals surface area contributed by atoms with Gasteiger partial charge in [-0.1, -0.05) is 32.3 Å². The van der Waals surface area contributed by atoms with Crippen LogP contribution in [0.2, 0.25) is 11.6 Å². The first-order valence-electron chi connectivity index (χ1n) is 3.89. The molecule has 0 spiro atoms. The molecule has 0 aromatic rings. The zero-order chi connectivity index (χ0) is 8.36. The molecule has 0 aromatic carbocycles. The zero-order valence-corrected chi connectivity index (χ0v) is 9.18. The summed E-state index contributed by atoms with van der Waals surface area (Å²) in [6, 6.07) is 0. The molecule has 0 N–H and O–H groups in total. The van der Waals surface area contributed by atoms with Crippen molar-refractivity contribution in [1.82, 2.24) is 0 Å². The van der Waals surface area contributed by atoms with E-state index in [4.69, 9.17) is 0 Å². The number of hydrogen-bond donors (Lipinski definition) is 0. The predicted octanol–water partition coefficient (Wildman–Crippen LogP) is 2.74. The van der Waals surface area contributed by atoms with Crippen LogP contribution < -0.4 is 0 Å². The van der Waals surface area contributed by atoms with E-state index in [1.165, 1.54) is 5.71 Å². The van der Waals surface area contributed by atoms with Crippen molar-refractivity contribution in [3.05, 3.63) is 0 Å². The van der Waals surface area contributed by atoms with Gasteiger partial charge in [0.1, 0.15) is 0 Å². The van der Waals surface area contributed by atoms with E-state index in [2.05, 4.69) is 43.2 Å². The van der Waals surface area contributed by atoms with Crippen LogP contribution in [-0.2, 0) is 0 Å². The smallest absolute Gasteiger partial charge is 0.406 e. The van der Waals surface area contributed by atoms with Gasteiger partial charge in [0, 0.05) is 0 Å². The lowest BCUT2D eigenvalue weighted by Gasteiger charge is -2.19. The second-order valence-electron chi connectivity index (χ2n) is 4.06. The van der Waals surface area contributed by atoms with Gasteiger partial charge in [0.05, 0.1) is 0 Å². The Balaban J connectivity index is 4.20. The van der Waals surface area contributed by atoms with Crippen molar-refractivity contribution in [2.45, 2.75) is 39.3 Å². The maximum Gasteiger partial charge on any atom is 0.429 e. The van der Waals surface area contributed by atoms with Crippen molar-refractivity contribution < 1.29 is 0 Å². The first kappa shape index (κ1) is 10.2. The Morgan fingerprint density at radius 2 is 1.60 bits per heavy atom. The number of hydrogen-bond acceptors (Lipinski definition) is 1. The Morgan fingerprint density at radius 1 is 1.20 bits per heavy atom. The minimum absolute atomic E-state index is 0.275. The monoisotopic (exact) mass is 155 g/mol. The molecule has 10 heavy (non-hydrogen) atoms. The average Bonchev–Trinajstić information content (AvgIpc) is 1.60. The van der Waals surface area contributed by atoms with Crippen LogP contribution in [0.4, 0.5) is 0 Å². The number of rotatable bonds is 1. The fourth-order valence-corrected chi connectivity index (χ4v) is 1.74. The van der Waals surface area contributed by atoms with Crippen LogP contribution in [0.1, 0.15) is 27.7 Å². The summed E-state index contributed by atoms with van der Waals surface area (Å²) >= 11 is -0.740.